The van der Waals surface area contributed by atoms with E-state index in [9.17, 15) is 4.79 Å². The Bertz CT molecular complexity index is 852. The second-order valence-corrected chi connectivity index (χ2v) is 8.15. The van der Waals surface area contributed by atoms with Gasteiger partial charge in [-0.1, -0.05) is 60.1 Å². The first-order valence-electron chi connectivity index (χ1n) is 9.48. The number of amides is 1. The standard InChI is InChI=1S/C22H24Cl3N3O/c1-17(14-23)28(19-7-8-20(24)21(25)13-19)22(29)16-27-11-9-26(10-12-27)15-18-5-3-2-4-6-18/h2-8,13H,1,9-12,14-16H2. The minimum Gasteiger partial charge on any atom is -0.297 e. The van der Waals surface area contributed by atoms with Gasteiger partial charge in [-0.3, -0.25) is 19.5 Å². The number of carbonyl (C=O) groups is 1. The van der Waals surface area contributed by atoms with E-state index in [1.54, 1.807) is 18.2 Å². The van der Waals surface area contributed by atoms with Crippen molar-refractivity contribution in [2.75, 3.05) is 43.5 Å². The molecule has 0 saturated carbocycles. The maximum absolute atomic E-state index is 13.1. The third-order valence-electron chi connectivity index (χ3n) is 4.95. The van der Waals surface area contributed by atoms with Crippen molar-refractivity contribution in [2.45, 2.75) is 6.54 Å². The van der Waals surface area contributed by atoms with E-state index in [0.717, 1.165) is 32.7 Å². The van der Waals surface area contributed by atoms with E-state index in [-0.39, 0.29) is 11.8 Å². The van der Waals surface area contributed by atoms with E-state index in [4.69, 9.17) is 34.8 Å². The zero-order valence-corrected chi connectivity index (χ0v) is 18.4. The highest BCUT2D eigenvalue weighted by atomic mass is 35.5. The van der Waals surface area contributed by atoms with Crippen molar-refractivity contribution < 1.29 is 4.79 Å². The molecule has 2 aromatic carbocycles. The van der Waals surface area contributed by atoms with Crippen LogP contribution >= 0.6 is 34.8 Å². The van der Waals surface area contributed by atoms with Crippen molar-refractivity contribution in [1.29, 1.82) is 0 Å². The van der Waals surface area contributed by atoms with Crippen LogP contribution < -0.4 is 4.90 Å². The summed E-state index contributed by atoms with van der Waals surface area (Å²) in [7, 11) is 0. The molecule has 2 aromatic rings. The summed E-state index contributed by atoms with van der Waals surface area (Å²) in [5, 5.41) is 0.827. The molecule has 1 aliphatic rings. The van der Waals surface area contributed by atoms with E-state index in [2.05, 4.69) is 40.6 Å². The molecule has 1 aliphatic heterocycles. The fourth-order valence-electron chi connectivity index (χ4n) is 3.40. The highest BCUT2D eigenvalue weighted by Gasteiger charge is 2.24. The Balaban J connectivity index is 1.60. The van der Waals surface area contributed by atoms with Gasteiger partial charge in [0.2, 0.25) is 5.91 Å². The molecule has 1 saturated heterocycles. The maximum Gasteiger partial charge on any atom is 0.245 e. The van der Waals surface area contributed by atoms with Crippen LogP contribution in [-0.2, 0) is 11.3 Å². The van der Waals surface area contributed by atoms with Gasteiger partial charge in [0.15, 0.2) is 0 Å². The van der Waals surface area contributed by atoms with Gasteiger partial charge in [0.1, 0.15) is 0 Å². The number of benzene rings is 2. The summed E-state index contributed by atoms with van der Waals surface area (Å²) in [5.41, 5.74) is 2.44. The Hall–Kier alpha value is -1.56. The number of halogens is 3. The molecule has 1 amide bonds. The SMILES string of the molecule is C=C(CCl)N(C(=O)CN1CCN(Cc2ccccc2)CC1)c1ccc(Cl)c(Cl)c1. The topological polar surface area (TPSA) is 26.8 Å². The summed E-state index contributed by atoms with van der Waals surface area (Å²) in [6.07, 6.45) is 0. The van der Waals surface area contributed by atoms with Crippen molar-refractivity contribution >= 4 is 46.4 Å². The minimum atomic E-state index is -0.0782. The summed E-state index contributed by atoms with van der Waals surface area (Å²) in [6, 6.07) is 15.5. The van der Waals surface area contributed by atoms with E-state index in [1.165, 1.54) is 10.5 Å². The highest BCUT2D eigenvalue weighted by Crippen LogP contribution is 2.29. The summed E-state index contributed by atoms with van der Waals surface area (Å²) < 4.78 is 0. The molecule has 0 atom stereocenters. The zero-order valence-electron chi connectivity index (χ0n) is 16.2. The molecule has 0 aliphatic carbocycles. The zero-order chi connectivity index (χ0) is 20.8. The minimum absolute atomic E-state index is 0.0782. The van der Waals surface area contributed by atoms with Crippen LogP contribution in [0.25, 0.3) is 0 Å². The Morgan fingerprint density at radius 1 is 0.966 bits per heavy atom. The molecule has 0 aromatic heterocycles. The second kappa shape index (κ2) is 10.5. The largest absolute Gasteiger partial charge is 0.297 e. The van der Waals surface area contributed by atoms with E-state index in [1.807, 2.05) is 6.07 Å². The maximum atomic E-state index is 13.1. The molecule has 7 heteroatoms. The number of allylic oxidation sites excluding steroid dienone is 1. The molecule has 154 valence electrons. The molecule has 0 radical (unpaired) electrons. The monoisotopic (exact) mass is 451 g/mol. The first-order chi connectivity index (χ1) is 14.0. The number of nitrogens with zero attached hydrogens (tertiary/aromatic N) is 3. The fourth-order valence-corrected chi connectivity index (χ4v) is 3.81. The van der Waals surface area contributed by atoms with Gasteiger partial charge in [-0.25, -0.2) is 0 Å². The smallest absolute Gasteiger partial charge is 0.245 e. The number of piperazine rings is 1. The molecular formula is C22H24Cl3N3O. The van der Waals surface area contributed by atoms with Gasteiger partial charge in [0, 0.05) is 38.4 Å². The van der Waals surface area contributed by atoms with Crippen molar-refractivity contribution in [1.82, 2.24) is 9.80 Å². The number of hydrogen-bond acceptors (Lipinski definition) is 3. The normalized spacial score (nSPS) is 15.3. The lowest BCUT2D eigenvalue weighted by Gasteiger charge is -2.35. The third-order valence-corrected chi connectivity index (χ3v) is 6.00. The molecule has 1 heterocycles. The van der Waals surface area contributed by atoms with Gasteiger partial charge < -0.3 is 0 Å². The van der Waals surface area contributed by atoms with Gasteiger partial charge in [0.25, 0.3) is 0 Å². The lowest BCUT2D eigenvalue weighted by atomic mass is 10.2. The molecule has 0 N–H and O–H groups in total. The van der Waals surface area contributed by atoms with Gasteiger partial charge in [-0.05, 0) is 23.8 Å². The third kappa shape index (κ3) is 5.97. The average molecular weight is 453 g/mol. The fraction of sp³-hybridized carbons (Fsp3) is 0.318. The van der Waals surface area contributed by atoms with Crippen LogP contribution in [0.2, 0.25) is 10.0 Å². The number of anilines is 1. The van der Waals surface area contributed by atoms with E-state index >= 15 is 0 Å². The van der Waals surface area contributed by atoms with Crippen molar-refractivity contribution in [3.8, 4) is 0 Å². The molecule has 1 fully saturated rings. The first-order valence-corrected chi connectivity index (χ1v) is 10.8. The van der Waals surface area contributed by atoms with Gasteiger partial charge in [0.05, 0.1) is 28.2 Å². The lowest BCUT2D eigenvalue weighted by molar-refractivity contribution is -0.119. The van der Waals surface area contributed by atoms with Crippen LogP contribution in [0.3, 0.4) is 0 Å². The van der Waals surface area contributed by atoms with Crippen LogP contribution in [0.4, 0.5) is 5.69 Å². The average Bonchev–Trinajstić information content (AvgIpc) is 2.73. The Labute approximate surface area is 187 Å². The van der Waals surface area contributed by atoms with Crippen LogP contribution in [0.15, 0.2) is 60.8 Å². The van der Waals surface area contributed by atoms with Crippen molar-refractivity contribution in [2.24, 2.45) is 0 Å². The number of carbonyl (C=O) groups excluding carboxylic acids is 1. The molecular weight excluding hydrogens is 429 g/mol. The summed E-state index contributed by atoms with van der Waals surface area (Å²) >= 11 is 18.1. The molecule has 29 heavy (non-hydrogen) atoms. The predicted octanol–water partition coefficient (Wildman–Crippen LogP) is 4.90. The van der Waals surface area contributed by atoms with E-state index in [0.29, 0.717) is 28.0 Å². The summed E-state index contributed by atoms with van der Waals surface area (Å²) in [5.74, 6) is 0.0714. The Morgan fingerprint density at radius 2 is 1.62 bits per heavy atom. The Kier molecular flexibility index (Phi) is 7.99. The lowest BCUT2D eigenvalue weighted by Crippen LogP contribution is -2.49. The van der Waals surface area contributed by atoms with Gasteiger partial charge in [-0.15, -0.1) is 11.6 Å². The van der Waals surface area contributed by atoms with Crippen LogP contribution in [0.1, 0.15) is 5.56 Å². The van der Waals surface area contributed by atoms with Gasteiger partial charge in [-0.2, -0.15) is 0 Å². The second-order valence-electron chi connectivity index (χ2n) is 7.07. The summed E-state index contributed by atoms with van der Waals surface area (Å²) in [6.45, 7) is 8.69. The highest BCUT2D eigenvalue weighted by molar-refractivity contribution is 6.42. The van der Waals surface area contributed by atoms with Crippen molar-refractivity contribution in [3.63, 3.8) is 0 Å². The van der Waals surface area contributed by atoms with Crippen molar-refractivity contribution in [3.05, 3.63) is 76.4 Å². The number of alkyl halides is 1. The first kappa shape index (κ1) is 22.1. The van der Waals surface area contributed by atoms with Crippen LogP contribution in [-0.4, -0.2) is 54.3 Å². The van der Waals surface area contributed by atoms with Crippen LogP contribution in [0, 0.1) is 0 Å². The molecule has 0 unspecified atom stereocenters. The molecule has 0 bridgehead atoms. The number of rotatable bonds is 7. The molecule has 3 rings (SSSR count). The quantitative estimate of drug-likeness (QED) is 0.559. The molecule has 0 spiro atoms. The Morgan fingerprint density at radius 3 is 2.24 bits per heavy atom. The van der Waals surface area contributed by atoms with Crippen LogP contribution in [0.5, 0.6) is 0 Å². The van der Waals surface area contributed by atoms with E-state index < -0.39 is 0 Å². The molecule has 4 nitrogen and oxygen atoms in total. The number of hydrogen-bond donors (Lipinski definition) is 0. The predicted molar refractivity (Wildman–Crippen MR) is 122 cm³/mol. The summed E-state index contributed by atoms with van der Waals surface area (Å²) in [4.78, 5) is 19.2. The van der Waals surface area contributed by atoms with Gasteiger partial charge >= 0.3 is 0 Å².